The van der Waals surface area contributed by atoms with Gasteiger partial charge in [0, 0.05) is 18.3 Å². The summed E-state index contributed by atoms with van der Waals surface area (Å²) in [5.74, 6) is -0.0863. The van der Waals surface area contributed by atoms with Gasteiger partial charge in [0.05, 0.1) is 6.04 Å². The van der Waals surface area contributed by atoms with Crippen LogP contribution in [0.15, 0.2) is 12.3 Å². The van der Waals surface area contributed by atoms with Crippen LogP contribution in [0.25, 0.3) is 0 Å². The van der Waals surface area contributed by atoms with E-state index < -0.39 is 0 Å². The van der Waals surface area contributed by atoms with Gasteiger partial charge in [-0.15, -0.1) is 12.4 Å². The van der Waals surface area contributed by atoms with E-state index in [-0.39, 0.29) is 29.3 Å². The number of piperidine rings is 1. The summed E-state index contributed by atoms with van der Waals surface area (Å²) in [6.45, 7) is 12.7. The van der Waals surface area contributed by atoms with Gasteiger partial charge < -0.3 is 10.6 Å². The Bertz CT molecular complexity index is 513. The smallest absolute Gasteiger partial charge is 0.272 e. The second-order valence-electron chi connectivity index (χ2n) is 8.26. The number of aromatic nitrogens is 2. The molecular formula is C17H31ClN4O. The van der Waals surface area contributed by atoms with E-state index in [2.05, 4.69) is 50.4 Å². The van der Waals surface area contributed by atoms with Gasteiger partial charge >= 0.3 is 0 Å². The van der Waals surface area contributed by atoms with Crippen LogP contribution in [0.4, 0.5) is 0 Å². The molecule has 0 radical (unpaired) electrons. The highest BCUT2D eigenvalue weighted by Crippen LogP contribution is 2.27. The summed E-state index contributed by atoms with van der Waals surface area (Å²) in [6.07, 6.45) is 5.11. The molecule has 5 nitrogen and oxygen atoms in total. The molecule has 0 bridgehead atoms. The minimum atomic E-state index is -0.245. The topological polar surface area (TPSA) is 59.0 Å². The molecule has 1 atom stereocenters. The largest absolute Gasteiger partial charge is 0.346 e. The van der Waals surface area contributed by atoms with Crippen LogP contribution in [0.3, 0.4) is 0 Å². The number of carbonyl (C=O) groups excluding carboxylic acids is 1. The summed E-state index contributed by atoms with van der Waals surface area (Å²) in [7, 11) is 0. The molecule has 6 heteroatoms. The molecule has 2 rings (SSSR count). The van der Waals surface area contributed by atoms with Gasteiger partial charge in [-0.1, -0.05) is 20.8 Å². The monoisotopic (exact) mass is 342 g/mol. The molecule has 1 aliphatic heterocycles. The fourth-order valence-corrected chi connectivity index (χ4v) is 3.46. The van der Waals surface area contributed by atoms with Gasteiger partial charge in [0.2, 0.25) is 0 Å². The lowest BCUT2D eigenvalue weighted by atomic mass is 9.82. The van der Waals surface area contributed by atoms with Crippen molar-refractivity contribution in [1.82, 2.24) is 20.4 Å². The first-order chi connectivity index (χ1) is 10.2. The summed E-state index contributed by atoms with van der Waals surface area (Å²) in [4.78, 5) is 12.4. The van der Waals surface area contributed by atoms with Gasteiger partial charge in [-0.05, 0) is 51.1 Å². The van der Waals surface area contributed by atoms with Crippen molar-refractivity contribution in [3.05, 3.63) is 18.0 Å². The zero-order valence-corrected chi connectivity index (χ0v) is 15.8. The Morgan fingerprint density at radius 1 is 1.39 bits per heavy atom. The van der Waals surface area contributed by atoms with Gasteiger partial charge in [-0.3, -0.25) is 9.48 Å². The normalized spacial score (nSPS) is 19.1. The molecule has 1 aliphatic rings. The van der Waals surface area contributed by atoms with Gasteiger partial charge in [0.25, 0.3) is 5.91 Å². The highest BCUT2D eigenvalue weighted by atomic mass is 35.5. The Labute approximate surface area is 146 Å². The van der Waals surface area contributed by atoms with E-state index in [1.807, 2.05) is 16.9 Å². The van der Waals surface area contributed by atoms with Crippen molar-refractivity contribution in [2.24, 2.45) is 5.41 Å². The highest BCUT2D eigenvalue weighted by molar-refractivity contribution is 5.92. The number of rotatable bonds is 4. The molecular weight excluding hydrogens is 312 g/mol. The SMILES string of the molecule is CC(C)(C)CC(C)(C)NC(=O)c1ccn(C2CCCNC2)n1.Cl. The lowest BCUT2D eigenvalue weighted by Crippen LogP contribution is -2.46. The Hall–Kier alpha value is -1.07. The third kappa shape index (κ3) is 6.15. The fourth-order valence-electron chi connectivity index (χ4n) is 3.46. The predicted octanol–water partition coefficient (Wildman–Crippen LogP) is 3.17. The van der Waals surface area contributed by atoms with Crippen LogP contribution in [0, 0.1) is 5.41 Å². The summed E-state index contributed by atoms with van der Waals surface area (Å²) in [6, 6.07) is 2.18. The standard InChI is InChI=1S/C17H30N4O.ClH/c1-16(2,3)12-17(4,5)19-15(22)14-8-10-21(20-14)13-7-6-9-18-11-13;/h8,10,13,18H,6-7,9,11-12H2,1-5H3,(H,19,22);1H. The maximum Gasteiger partial charge on any atom is 0.272 e. The number of halogens is 1. The molecule has 1 unspecified atom stereocenters. The average Bonchev–Trinajstić information content (AvgIpc) is 2.85. The number of carbonyl (C=O) groups is 1. The van der Waals surface area contributed by atoms with Crippen molar-refractivity contribution in [3.8, 4) is 0 Å². The van der Waals surface area contributed by atoms with E-state index in [1.54, 1.807) is 0 Å². The van der Waals surface area contributed by atoms with Crippen molar-refractivity contribution in [2.75, 3.05) is 13.1 Å². The van der Waals surface area contributed by atoms with Gasteiger partial charge in [-0.2, -0.15) is 5.10 Å². The molecule has 1 fully saturated rings. The molecule has 23 heavy (non-hydrogen) atoms. The summed E-state index contributed by atoms with van der Waals surface area (Å²) < 4.78 is 1.93. The van der Waals surface area contributed by atoms with Crippen molar-refractivity contribution in [3.63, 3.8) is 0 Å². The summed E-state index contributed by atoms with van der Waals surface area (Å²) in [5.41, 5.74) is 0.433. The van der Waals surface area contributed by atoms with E-state index in [9.17, 15) is 4.79 Å². The molecule has 1 saturated heterocycles. The van der Waals surface area contributed by atoms with E-state index >= 15 is 0 Å². The number of amides is 1. The molecule has 1 aromatic heterocycles. The van der Waals surface area contributed by atoms with Crippen LogP contribution >= 0.6 is 12.4 Å². The number of hydrogen-bond acceptors (Lipinski definition) is 3. The molecule has 0 aromatic carbocycles. The lowest BCUT2D eigenvalue weighted by molar-refractivity contribution is 0.0885. The third-order valence-corrected chi connectivity index (χ3v) is 3.91. The maximum atomic E-state index is 12.4. The minimum absolute atomic E-state index is 0. The fraction of sp³-hybridized carbons (Fsp3) is 0.765. The van der Waals surface area contributed by atoms with Crippen molar-refractivity contribution in [2.45, 2.75) is 65.5 Å². The first kappa shape index (κ1) is 20.0. The van der Waals surface area contributed by atoms with Crippen molar-refractivity contribution >= 4 is 18.3 Å². The van der Waals surface area contributed by atoms with E-state index in [1.165, 1.54) is 0 Å². The number of hydrogen-bond donors (Lipinski definition) is 2. The minimum Gasteiger partial charge on any atom is -0.346 e. The zero-order valence-electron chi connectivity index (χ0n) is 15.0. The molecule has 1 aromatic rings. The molecule has 0 aliphatic carbocycles. The van der Waals surface area contributed by atoms with E-state index in [0.717, 1.165) is 32.4 Å². The van der Waals surface area contributed by atoms with E-state index in [4.69, 9.17) is 0 Å². The van der Waals surface area contributed by atoms with Crippen LogP contribution in [0.2, 0.25) is 0 Å². The lowest BCUT2D eigenvalue weighted by Gasteiger charge is -2.33. The Morgan fingerprint density at radius 3 is 2.65 bits per heavy atom. The first-order valence-corrected chi connectivity index (χ1v) is 8.25. The molecule has 0 saturated carbocycles. The van der Waals surface area contributed by atoms with Crippen LogP contribution in [0.1, 0.15) is 70.4 Å². The Balaban J connectivity index is 0.00000264. The van der Waals surface area contributed by atoms with Crippen molar-refractivity contribution in [1.29, 1.82) is 0 Å². The van der Waals surface area contributed by atoms with Crippen LogP contribution in [-0.4, -0.2) is 34.3 Å². The van der Waals surface area contributed by atoms with Gasteiger partial charge in [0.1, 0.15) is 5.69 Å². The highest BCUT2D eigenvalue weighted by Gasteiger charge is 2.28. The maximum absolute atomic E-state index is 12.4. The van der Waals surface area contributed by atoms with Crippen LogP contribution in [0.5, 0.6) is 0 Å². The van der Waals surface area contributed by atoms with E-state index in [0.29, 0.717) is 11.7 Å². The Kier molecular flexibility index (Phi) is 6.66. The summed E-state index contributed by atoms with van der Waals surface area (Å²) >= 11 is 0. The molecule has 1 amide bonds. The molecule has 2 heterocycles. The molecule has 132 valence electrons. The Morgan fingerprint density at radius 2 is 2.09 bits per heavy atom. The van der Waals surface area contributed by atoms with Crippen LogP contribution < -0.4 is 10.6 Å². The first-order valence-electron chi connectivity index (χ1n) is 8.25. The second-order valence-corrected chi connectivity index (χ2v) is 8.26. The summed E-state index contributed by atoms with van der Waals surface area (Å²) in [5, 5.41) is 11.0. The molecule has 2 N–H and O–H groups in total. The second kappa shape index (κ2) is 7.67. The quantitative estimate of drug-likeness (QED) is 0.883. The van der Waals surface area contributed by atoms with Gasteiger partial charge in [-0.25, -0.2) is 0 Å². The average molecular weight is 343 g/mol. The number of nitrogens with one attached hydrogen (secondary N) is 2. The molecule has 0 spiro atoms. The van der Waals surface area contributed by atoms with Gasteiger partial charge in [0.15, 0.2) is 0 Å². The third-order valence-electron chi connectivity index (χ3n) is 3.91. The predicted molar refractivity (Wildman–Crippen MR) is 96.2 cm³/mol. The van der Waals surface area contributed by atoms with Crippen molar-refractivity contribution < 1.29 is 4.79 Å². The zero-order chi connectivity index (χ0) is 16.4. The number of nitrogens with zero attached hydrogens (tertiary/aromatic N) is 2. The van der Waals surface area contributed by atoms with Crippen LogP contribution in [-0.2, 0) is 0 Å².